The van der Waals surface area contributed by atoms with Gasteiger partial charge in [-0.2, -0.15) is 5.10 Å². The van der Waals surface area contributed by atoms with Gasteiger partial charge in [-0.25, -0.2) is 17.5 Å². The van der Waals surface area contributed by atoms with Crippen molar-refractivity contribution in [3.8, 4) is 5.69 Å². The average Bonchev–Trinajstić information content (AvgIpc) is 3.09. The Balaban J connectivity index is 1.77. The summed E-state index contributed by atoms with van der Waals surface area (Å²) < 4.78 is 43.6. The first-order chi connectivity index (χ1) is 10.5. The van der Waals surface area contributed by atoms with Gasteiger partial charge in [-0.3, -0.25) is 0 Å². The molecule has 0 unspecified atom stereocenters. The fourth-order valence-electron chi connectivity index (χ4n) is 2.01. The van der Waals surface area contributed by atoms with Gasteiger partial charge in [0.2, 0.25) is 0 Å². The zero-order chi connectivity index (χ0) is 15.6. The van der Waals surface area contributed by atoms with Crippen molar-refractivity contribution >= 4 is 9.84 Å². The van der Waals surface area contributed by atoms with E-state index in [2.05, 4.69) is 10.3 Å². The van der Waals surface area contributed by atoms with Crippen LogP contribution in [0.2, 0.25) is 0 Å². The van der Waals surface area contributed by atoms with Crippen molar-refractivity contribution in [2.75, 3.05) is 0 Å². The third-order valence-electron chi connectivity index (χ3n) is 2.94. The largest absolute Gasteiger partial charge is 0.360 e. The van der Waals surface area contributed by atoms with Gasteiger partial charge in [0, 0.05) is 12.3 Å². The number of aromatic nitrogens is 3. The van der Waals surface area contributed by atoms with Crippen molar-refractivity contribution in [2.24, 2.45) is 0 Å². The molecule has 3 rings (SSSR count). The van der Waals surface area contributed by atoms with Crippen molar-refractivity contribution < 1.29 is 17.3 Å². The zero-order valence-electron chi connectivity index (χ0n) is 11.4. The van der Waals surface area contributed by atoms with Gasteiger partial charge < -0.3 is 4.52 Å². The van der Waals surface area contributed by atoms with Gasteiger partial charge in [-0.05, 0) is 24.3 Å². The number of halogens is 1. The summed E-state index contributed by atoms with van der Waals surface area (Å²) in [6.07, 6.45) is 2.98. The fourth-order valence-corrected chi connectivity index (χ4v) is 3.30. The molecule has 22 heavy (non-hydrogen) atoms. The quantitative estimate of drug-likeness (QED) is 0.719. The summed E-state index contributed by atoms with van der Waals surface area (Å²) in [6, 6.07) is 8.98. The van der Waals surface area contributed by atoms with Crippen LogP contribution in [0.15, 0.2) is 53.3 Å². The second-order valence-electron chi connectivity index (χ2n) is 4.74. The number of hydrogen-bond acceptors (Lipinski definition) is 5. The minimum absolute atomic E-state index is 0.226. The summed E-state index contributed by atoms with van der Waals surface area (Å²) >= 11 is 0. The van der Waals surface area contributed by atoms with Crippen molar-refractivity contribution in [3.63, 3.8) is 0 Å². The second-order valence-corrected chi connectivity index (χ2v) is 6.81. The molecule has 3 aromatic rings. The SMILES string of the molecule is O=S(=O)(Cc1ccn(-c2cccc(F)c2)n1)Cc1ccno1. The number of benzene rings is 1. The second kappa shape index (κ2) is 5.72. The van der Waals surface area contributed by atoms with E-state index >= 15 is 0 Å². The van der Waals surface area contributed by atoms with E-state index in [-0.39, 0.29) is 23.1 Å². The average molecular weight is 321 g/mol. The van der Waals surface area contributed by atoms with E-state index in [4.69, 9.17) is 4.52 Å². The van der Waals surface area contributed by atoms with Gasteiger partial charge >= 0.3 is 0 Å². The van der Waals surface area contributed by atoms with E-state index in [1.165, 1.54) is 29.1 Å². The molecule has 0 N–H and O–H groups in total. The highest BCUT2D eigenvalue weighted by molar-refractivity contribution is 7.89. The van der Waals surface area contributed by atoms with Gasteiger partial charge in [0.25, 0.3) is 0 Å². The van der Waals surface area contributed by atoms with Crippen LogP contribution in [0.25, 0.3) is 5.69 Å². The van der Waals surface area contributed by atoms with Gasteiger partial charge in [-0.15, -0.1) is 0 Å². The molecule has 0 amide bonds. The molecular formula is C14H12FN3O3S. The molecule has 0 bridgehead atoms. The first-order valence-corrected chi connectivity index (χ1v) is 8.24. The predicted octanol–water partition coefficient (Wildman–Crippen LogP) is 2.11. The third-order valence-corrected chi connectivity index (χ3v) is 4.40. The Morgan fingerprint density at radius 3 is 2.77 bits per heavy atom. The number of hydrogen-bond donors (Lipinski definition) is 0. The van der Waals surface area contributed by atoms with Gasteiger partial charge in [0.1, 0.15) is 11.6 Å². The van der Waals surface area contributed by atoms with Crippen LogP contribution in [0, 0.1) is 5.82 Å². The normalized spacial score (nSPS) is 11.7. The van der Waals surface area contributed by atoms with Crippen LogP contribution in [0.3, 0.4) is 0 Å². The molecule has 0 fully saturated rings. The summed E-state index contributed by atoms with van der Waals surface area (Å²) in [5.41, 5.74) is 0.905. The molecule has 0 saturated carbocycles. The molecule has 0 radical (unpaired) electrons. The smallest absolute Gasteiger partial charge is 0.163 e. The lowest BCUT2D eigenvalue weighted by atomic mass is 10.3. The maximum atomic E-state index is 13.2. The highest BCUT2D eigenvalue weighted by Gasteiger charge is 2.17. The van der Waals surface area contributed by atoms with Gasteiger partial charge in [-0.1, -0.05) is 11.2 Å². The molecule has 114 valence electrons. The van der Waals surface area contributed by atoms with Crippen LogP contribution >= 0.6 is 0 Å². The van der Waals surface area contributed by atoms with E-state index < -0.39 is 9.84 Å². The zero-order valence-corrected chi connectivity index (χ0v) is 12.2. The maximum Gasteiger partial charge on any atom is 0.163 e. The Hall–Kier alpha value is -2.48. The van der Waals surface area contributed by atoms with Crippen LogP contribution in [-0.2, 0) is 21.3 Å². The molecule has 0 aliphatic rings. The summed E-state index contributed by atoms with van der Waals surface area (Å²) in [5.74, 6) is -0.562. The molecule has 0 aliphatic carbocycles. The molecule has 6 nitrogen and oxygen atoms in total. The van der Waals surface area contributed by atoms with E-state index in [9.17, 15) is 12.8 Å². The lowest BCUT2D eigenvalue weighted by molar-refractivity contribution is 0.392. The van der Waals surface area contributed by atoms with Gasteiger partial charge in [0.05, 0.1) is 23.3 Å². The van der Waals surface area contributed by atoms with E-state index in [0.717, 1.165) is 0 Å². The van der Waals surface area contributed by atoms with Crippen LogP contribution < -0.4 is 0 Å². The Morgan fingerprint density at radius 2 is 2.05 bits per heavy atom. The first-order valence-electron chi connectivity index (χ1n) is 6.42. The monoisotopic (exact) mass is 321 g/mol. The Bertz CT molecular complexity index is 872. The summed E-state index contributed by atoms with van der Waals surface area (Å²) in [4.78, 5) is 0. The fraction of sp³-hybridized carbons (Fsp3) is 0.143. The molecule has 2 aromatic heterocycles. The van der Waals surface area contributed by atoms with Crippen molar-refractivity contribution in [2.45, 2.75) is 11.5 Å². The highest BCUT2D eigenvalue weighted by Crippen LogP contribution is 2.13. The standard InChI is InChI=1S/C14H12FN3O3S/c15-11-2-1-3-13(8-11)18-7-5-12(17-18)9-22(19,20)10-14-4-6-16-21-14/h1-8H,9-10H2. The molecule has 2 heterocycles. The minimum atomic E-state index is -3.42. The molecule has 1 aromatic carbocycles. The minimum Gasteiger partial charge on any atom is -0.360 e. The first kappa shape index (κ1) is 14.5. The van der Waals surface area contributed by atoms with E-state index in [1.807, 2.05) is 0 Å². The summed E-state index contributed by atoms with van der Waals surface area (Å²) in [7, 11) is -3.42. The molecular weight excluding hydrogens is 309 g/mol. The molecule has 0 aliphatic heterocycles. The van der Waals surface area contributed by atoms with Gasteiger partial charge in [0.15, 0.2) is 15.6 Å². The Labute approximate surface area is 126 Å². The number of nitrogens with zero attached hydrogens (tertiary/aromatic N) is 3. The summed E-state index contributed by atoms with van der Waals surface area (Å²) in [6.45, 7) is 0. The van der Waals surface area contributed by atoms with Crippen LogP contribution in [0.4, 0.5) is 4.39 Å². The number of sulfone groups is 1. The Kier molecular flexibility index (Phi) is 3.76. The van der Waals surface area contributed by atoms with Crippen LogP contribution in [0.1, 0.15) is 11.5 Å². The van der Waals surface area contributed by atoms with E-state index in [0.29, 0.717) is 11.4 Å². The molecule has 8 heteroatoms. The summed E-state index contributed by atoms with van der Waals surface area (Å²) in [5, 5.41) is 7.63. The van der Waals surface area contributed by atoms with Crippen molar-refractivity contribution in [1.82, 2.24) is 14.9 Å². The third kappa shape index (κ3) is 3.40. The molecule has 0 spiro atoms. The lowest BCUT2D eigenvalue weighted by Gasteiger charge is -2.01. The highest BCUT2D eigenvalue weighted by atomic mass is 32.2. The molecule has 0 atom stereocenters. The number of rotatable bonds is 5. The van der Waals surface area contributed by atoms with Crippen molar-refractivity contribution in [3.05, 3.63) is 66.1 Å². The van der Waals surface area contributed by atoms with E-state index in [1.54, 1.807) is 24.4 Å². The predicted molar refractivity (Wildman–Crippen MR) is 76.4 cm³/mol. The molecule has 0 saturated heterocycles. The maximum absolute atomic E-state index is 13.2. The lowest BCUT2D eigenvalue weighted by Crippen LogP contribution is -2.08. The van der Waals surface area contributed by atoms with Crippen molar-refractivity contribution in [1.29, 1.82) is 0 Å². The topological polar surface area (TPSA) is 78.0 Å². The Morgan fingerprint density at radius 1 is 1.18 bits per heavy atom. The van der Waals surface area contributed by atoms with Crippen LogP contribution in [-0.4, -0.2) is 23.4 Å². The van der Waals surface area contributed by atoms with Crippen LogP contribution in [0.5, 0.6) is 0 Å².